The molecule has 1 aromatic rings. The summed E-state index contributed by atoms with van der Waals surface area (Å²) >= 11 is 0. The summed E-state index contributed by atoms with van der Waals surface area (Å²) in [6.45, 7) is 8.01. The molecule has 2 aliphatic rings. The molecule has 0 saturated carbocycles. The van der Waals surface area contributed by atoms with Crippen LogP contribution in [0.1, 0.15) is 32.8 Å². The van der Waals surface area contributed by atoms with Crippen molar-refractivity contribution >= 4 is 21.7 Å². The largest absolute Gasteiger partial charge is 0.416 e. The quantitative estimate of drug-likeness (QED) is 0.725. The Bertz CT molecular complexity index is 898. The molecule has 0 bridgehead atoms. The highest BCUT2D eigenvalue weighted by atomic mass is 32.2. The van der Waals surface area contributed by atoms with Crippen molar-refractivity contribution in [2.75, 3.05) is 44.2 Å². The third-order valence-corrected chi connectivity index (χ3v) is 8.50. The Kier molecular flexibility index (Phi) is 7.28. The summed E-state index contributed by atoms with van der Waals surface area (Å²) in [7, 11) is -3.31. The molecule has 0 aliphatic carbocycles. The van der Waals surface area contributed by atoms with Crippen LogP contribution in [-0.4, -0.2) is 74.2 Å². The van der Waals surface area contributed by atoms with E-state index in [1.165, 1.54) is 16.4 Å². The normalized spacial score (nSPS) is 23.5. The standard InChI is InChI=1S/C21H31F3N4O3S/c1-15(2)32(30,31)28-9-8-19(16(3)14-28)25-20(29)27-12-10-26(11-13-27)18-6-4-17(5-7-18)21(22,23)24/h4-7,15-16,19H,8-14H2,1-3H3,(H,25,29). The molecule has 2 aliphatic heterocycles. The number of anilines is 1. The third-order valence-electron chi connectivity index (χ3n) is 6.26. The number of sulfonamides is 1. The van der Waals surface area contributed by atoms with Gasteiger partial charge in [0.1, 0.15) is 0 Å². The first-order valence-electron chi connectivity index (χ1n) is 10.9. The fourth-order valence-electron chi connectivity index (χ4n) is 4.13. The molecular formula is C21H31F3N4O3S. The van der Waals surface area contributed by atoms with Crippen molar-refractivity contribution in [1.82, 2.24) is 14.5 Å². The maximum absolute atomic E-state index is 12.7. The SMILES string of the molecule is CC1CN(S(=O)(=O)C(C)C)CCC1NC(=O)N1CCN(c2ccc(C(F)(F)F)cc2)CC1. The summed E-state index contributed by atoms with van der Waals surface area (Å²) < 4.78 is 64.5. The number of carbonyl (C=O) groups excluding carboxylic acids is 1. The van der Waals surface area contributed by atoms with E-state index in [1.807, 2.05) is 11.8 Å². The minimum Gasteiger partial charge on any atom is -0.368 e. The lowest BCUT2D eigenvalue weighted by atomic mass is 9.95. The second-order valence-corrected chi connectivity index (χ2v) is 11.3. The Labute approximate surface area is 187 Å². The predicted molar refractivity (Wildman–Crippen MR) is 117 cm³/mol. The van der Waals surface area contributed by atoms with E-state index in [0.717, 1.165) is 12.1 Å². The molecule has 180 valence electrons. The Balaban J connectivity index is 1.50. The van der Waals surface area contributed by atoms with Crippen LogP contribution in [0.25, 0.3) is 0 Å². The van der Waals surface area contributed by atoms with Crippen LogP contribution < -0.4 is 10.2 Å². The molecule has 2 fully saturated rings. The number of benzene rings is 1. The van der Waals surface area contributed by atoms with Crippen molar-refractivity contribution < 1.29 is 26.4 Å². The molecule has 11 heteroatoms. The molecule has 2 saturated heterocycles. The number of piperidine rings is 1. The number of amides is 2. The van der Waals surface area contributed by atoms with Crippen LogP contribution in [0.4, 0.5) is 23.7 Å². The molecule has 2 heterocycles. The summed E-state index contributed by atoms with van der Waals surface area (Å²) in [5, 5.41) is 2.57. The Morgan fingerprint density at radius 2 is 1.66 bits per heavy atom. The number of urea groups is 1. The molecule has 2 atom stereocenters. The number of nitrogens with one attached hydrogen (secondary N) is 1. The monoisotopic (exact) mass is 476 g/mol. The summed E-state index contributed by atoms with van der Waals surface area (Å²) in [5.74, 6) is -0.00494. The van der Waals surface area contributed by atoms with Gasteiger partial charge in [0.15, 0.2) is 0 Å². The van der Waals surface area contributed by atoms with Crippen LogP contribution in [0.15, 0.2) is 24.3 Å². The molecule has 1 aromatic carbocycles. The van der Waals surface area contributed by atoms with Crippen LogP contribution in [-0.2, 0) is 16.2 Å². The van der Waals surface area contributed by atoms with Crippen LogP contribution in [0.2, 0.25) is 0 Å². The highest BCUT2D eigenvalue weighted by molar-refractivity contribution is 7.89. The maximum atomic E-state index is 12.7. The van der Waals surface area contributed by atoms with E-state index in [4.69, 9.17) is 0 Å². The minimum atomic E-state index is -4.36. The number of piperazine rings is 1. The smallest absolute Gasteiger partial charge is 0.368 e. The van der Waals surface area contributed by atoms with Crippen molar-refractivity contribution in [2.24, 2.45) is 5.92 Å². The molecule has 0 spiro atoms. The molecule has 32 heavy (non-hydrogen) atoms. The van der Waals surface area contributed by atoms with Crippen LogP contribution in [0.5, 0.6) is 0 Å². The van der Waals surface area contributed by atoms with E-state index in [9.17, 15) is 26.4 Å². The highest BCUT2D eigenvalue weighted by Gasteiger charge is 2.35. The zero-order chi connectivity index (χ0) is 23.7. The van der Waals surface area contributed by atoms with Gasteiger partial charge in [-0.05, 0) is 50.5 Å². The first kappa shape index (κ1) is 24.6. The van der Waals surface area contributed by atoms with Gasteiger partial charge in [0.25, 0.3) is 0 Å². The predicted octanol–water partition coefficient (Wildman–Crippen LogP) is 2.99. The van der Waals surface area contributed by atoms with E-state index < -0.39 is 27.0 Å². The Morgan fingerprint density at radius 3 is 2.16 bits per heavy atom. The molecular weight excluding hydrogens is 445 g/mol. The van der Waals surface area contributed by atoms with Crippen molar-refractivity contribution in [3.63, 3.8) is 0 Å². The number of alkyl halides is 3. The third kappa shape index (κ3) is 5.48. The van der Waals surface area contributed by atoms with Gasteiger partial charge < -0.3 is 15.1 Å². The number of halogens is 3. The first-order chi connectivity index (χ1) is 14.9. The molecule has 3 rings (SSSR count). The number of hydrogen-bond acceptors (Lipinski definition) is 4. The van der Waals surface area contributed by atoms with Gasteiger partial charge in [0, 0.05) is 51.0 Å². The van der Waals surface area contributed by atoms with E-state index >= 15 is 0 Å². The molecule has 2 amide bonds. The van der Waals surface area contributed by atoms with E-state index in [1.54, 1.807) is 18.7 Å². The van der Waals surface area contributed by atoms with Gasteiger partial charge in [0.2, 0.25) is 10.0 Å². The lowest BCUT2D eigenvalue weighted by Gasteiger charge is -2.40. The average molecular weight is 477 g/mol. The van der Waals surface area contributed by atoms with Crippen LogP contribution in [0, 0.1) is 5.92 Å². The van der Waals surface area contributed by atoms with Gasteiger partial charge in [0.05, 0.1) is 10.8 Å². The summed E-state index contributed by atoms with van der Waals surface area (Å²) in [4.78, 5) is 16.4. The fourth-order valence-corrected chi connectivity index (χ4v) is 5.53. The van der Waals surface area contributed by atoms with E-state index in [-0.39, 0.29) is 18.0 Å². The average Bonchev–Trinajstić information content (AvgIpc) is 2.74. The van der Waals surface area contributed by atoms with Crippen LogP contribution >= 0.6 is 0 Å². The summed E-state index contributed by atoms with van der Waals surface area (Å²) in [6, 6.07) is 4.77. The van der Waals surface area contributed by atoms with Gasteiger partial charge in [-0.2, -0.15) is 13.2 Å². The second kappa shape index (κ2) is 9.46. The lowest BCUT2D eigenvalue weighted by Crippen LogP contribution is -2.57. The van der Waals surface area contributed by atoms with Crippen molar-refractivity contribution in [3.05, 3.63) is 29.8 Å². The van der Waals surface area contributed by atoms with Gasteiger partial charge in [-0.3, -0.25) is 0 Å². The molecule has 1 N–H and O–H groups in total. The minimum absolute atomic E-state index is 0.00494. The van der Waals surface area contributed by atoms with Gasteiger partial charge in [-0.15, -0.1) is 0 Å². The van der Waals surface area contributed by atoms with Crippen molar-refractivity contribution in [1.29, 1.82) is 0 Å². The van der Waals surface area contributed by atoms with E-state index in [0.29, 0.717) is 51.4 Å². The highest BCUT2D eigenvalue weighted by Crippen LogP contribution is 2.30. The number of hydrogen-bond donors (Lipinski definition) is 1. The first-order valence-corrected chi connectivity index (χ1v) is 12.4. The molecule has 2 unspecified atom stereocenters. The summed E-state index contributed by atoms with van der Waals surface area (Å²) in [6.07, 6.45) is -3.80. The number of rotatable bonds is 4. The zero-order valence-electron chi connectivity index (χ0n) is 18.6. The van der Waals surface area contributed by atoms with Gasteiger partial charge >= 0.3 is 12.2 Å². The number of carbonyl (C=O) groups is 1. The van der Waals surface area contributed by atoms with Crippen LogP contribution in [0.3, 0.4) is 0 Å². The van der Waals surface area contributed by atoms with Crippen molar-refractivity contribution in [3.8, 4) is 0 Å². The zero-order valence-corrected chi connectivity index (χ0v) is 19.4. The fraction of sp³-hybridized carbons (Fsp3) is 0.667. The molecule has 7 nitrogen and oxygen atoms in total. The topological polar surface area (TPSA) is 73.0 Å². The molecule has 0 radical (unpaired) electrons. The van der Waals surface area contributed by atoms with Crippen molar-refractivity contribution in [2.45, 2.75) is 44.7 Å². The van der Waals surface area contributed by atoms with Gasteiger partial charge in [-0.1, -0.05) is 6.92 Å². The molecule has 0 aromatic heterocycles. The van der Waals surface area contributed by atoms with E-state index in [2.05, 4.69) is 5.32 Å². The summed E-state index contributed by atoms with van der Waals surface area (Å²) in [5.41, 5.74) is 0.0195. The second-order valence-electron chi connectivity index (χ2n) is 8.79. The maximum Gasteiger partial charge on any atom is 0.416 e. The van der Waals surface area contributed by atoms with Gasteiger partial charge in [-0.25, -0.2) is 17.5 Å². The Hall–Kier alpha value is -2.01. The lowest BCUT2D eigenvalue weighted by molar-refractivity contribution is -0.137. The Morgan fingerprint density at radius 1 is 1.06 bits per heavy atom. The number of nitrogens with zero attached hydrogens (tertiary/aromatic N) is 3.